The van der Waals surface area contributed by atoms with Gasteiger partial charge in [-0.05, 0) is 45.4 Å². The summed E-state index contributed by atoms with van der Waals surface area (Å²) in [5.74, 6) is -1.78. The highest BCUT2D eigenvalue weighted by Gasteiger charge is 2.22. The van der Waals surface area contributed by atoms with Gasteiger partial charge in [0.1, 0.15) is 11.7 Å². The van der Waals surface area contributed by atoms with E-state index in [0.717, 1.165) is 0 Å². The molecule has 1 amide bonds. The van der Waals surface area contributed by atoms with Crippen molar-refractivity contribution in [2.24, 2.45) is 0 Å². The number of anilines is 1. The van der Waals surface area contributed by atoms with Crippen molar-refractivity contribution in [1.82, 2.24) is 5.32 Å². The van der Waals surface area contributed by atoms with E-state index in [2.05, 4.69) is 10.6 Å². The topological polar surface area (TPSA) is 131 Å². The largest absolute Gasteiger partial charge is 0.480 e. The first-order valence-corrected chi connectivity index (χ1v) is 8.33. The molecule has 0 aliphatic heterocycles. The summed E-state index contributed by atoms with van der Waals surface area (Å²) >= 11 is 0. The van der Waals surface area contributed by atoms with E-state index in [0.29, 0.717) is 25.1 Å². The number of rotatable bonds is 11. The number of nitrogens with one attached hydrogen (secondary N) is 2. The summed E-state index contributed by atoms with van der Waals surface area (Å²) < 4.78 is 5.36. The second-order valence-corrected chi connectivity index (χ2v) is 6.15. The van der Waals surface area contributed by atoms with Crippen molar-refractivity contribution in [3.63, 3.8) is 0 Å². The number of carbonyl (C=O) groups is 2. The molecule has 0 spiro atoms. The molecule has 0 saturated carbocycles. The smallest absolute Gasteiger partial charge is 0.321 e. The molecule has 26 heavy (non-hydrogen) atoms. The van der Waals surface area contributed by atoms with Gasteiger partial charge in [0.25, 0.3) is 5.69 Å². The van der Waals surface area contributed by atoms with Gasteiger partial charge in [-0.1, -0.05) is 6.07 Å². The number of hydrogen-bond acceptors (Lipinski definition) is 6. The number of aryl methyl sites for hydroxylation is 1. The van der Waals surface area contributed by atoms with Crippen molar-refractivity contribution < 1.29 is 24.4 Å². The summed E-state index contributed by atoms with van der Waals surface area (Å²) in [4.78, 5) is 33.9. The van der Waals surface area contributed by atoms with Gasteiger partial charge < -0.3 is 20.5 Å². The predicted molar refractivity (Wildman–Crippen MR) is 96.2 cm³/mol. The number of benzene rings is 1. The molecule has 0 saturated heterocycles. The third-order valence-electron chi connectivity index (χ3n) is 3.47. The zero-order valence-corrected chi connectivity index (χ0v) is 15.2. The van der Waals surface area contributed by atoms with Gasteiger partial charge in [-0.3, -0.25) is 19.7 Å². The molecule has 0 fully saturated rings. The average Bonchev–Trinajstić information content (AvgIpc) is 2.54. The van der Waals surface area contributed by atoms with Crippen LogP contribution in [0.5, 0.6) is 0 Å². The van der Waals surface area contributed by atoms with Crippen molar-refractivity contribution in [3.05, 3.63) is 33.9 Å². The molecule has 144 valence electrons. The van der Waals surface area contributed by atoms with Crippen LogP contribution >= 0.6 is 0 Å². The Kier molecular flexibility index (Phi) is 8.66. The molecule has 3 N–H and O–H groups in total. The van der Waals surface area contributed by atoms with Gasteiger partial charge in [0.2, 0.25) is 5.91 Å². The number of aliphatic carboxylic acids is 1. The first kappa shape index (κ1) is 21.5. The molecule has 0 unspecified atom stereocenters. The zero-order valence-electron chi connectivity index (χ0n) is 15.2. The summed E-state index contributed by atoms with van der Waals surface area (Å²) in [6.45, 7) is 6.37. The van der Waals surface area contributed by atoms with Crippen molar-refractivity contribution in [2.75, 3.05) is 18.5 Å². The molecular weight excluding hydrogens is 342 g/mol. The van der Waals surface area contributed by atoms with Crippen LogP contribution in [0.15, 0.2) is 18.2 Å². The Morgan fingerprint density at radius 1 is 1.35 bits per heavy atom. The molecule has 1 atom stereocenters. The molecule has 1 aromatic carbocycles. The normalized spacial score (nSPS) is 12.0. The number of nitro benzene ring substituents is 1. The maximum absolute atomic E-state index is 12.1. The Morgan fingerprint density at radius 3 is 2.62 bits per heavy atom. The van der Waals surface area contributed by atoms with E-state index in [4.69, 9.17) is 4.74 Å². The van der Waals surface area contributed by atoms with E-state index < -0.39 is 22.8 Å². The molecule has 9 nitrogen and oxygen atoms in total. The summed E-state index contributed by atoms with van der Waals surface area (Å²) in [6.07, 6.45) is 0.361. The van der Waals surface area contributed by atoms with Gasteiger partial charge in [0.05, 0.1) is 17.4 Å². The fraction of sp³-hybridized carbons (Fsp3) is 0.529. The van der Waals surface area contributed by atoms with E-state index in [1.165, 1.54) is 12.1 Å². The number of hydrogen-bond donors (Lipinski definition) is 3. The molecule has 0 radical (unpaired) electrons. The first-order valence-electron chi connectivity index (χ1n) is 8.33. The minimum atomic E-state index is -1.16. The number of carboxylic acid groups (broad SMARTS) is 1. The number of carboxylic acids is 1. The van der Waals surface area contributed by atoms with Crippen molar-refractivity contribution >= 4 is 23.3 Å². The van der Waals surface area contributed by atoms with E-state index in [1.807, 2.05) is 13.8 Å². The highest BCUT2D eigenvalue weighted by Crippen LogP contribution is 2.25. The second-order valence-electron chi connectivity index (χ2n) is 6.15. The lowest BCUT2D eigenvalue weighted by Gasteiger charge is -2.15. The molecule has 0 aliphatic carbocycles. The van der Waals surface area contributed by atoms with Gasteiger partial charge in [-0.2, -0.15) is 0 Å². The molecule has 0 aromatic heterocycles. The fourth-order valence-electron chi connectivity index (χ4n) is 2.20. The SMILES string of the molecule is Cc1ccc(NC(=O)C[C@@H](NCCCOC(C)C)C(=O)O)c([N+](=O)[O-])c1. The Balaban J connectivity index is 2.60. The lowest BCUT2D eigenvalue weighted by Crippen LogP contribution is -2.40. The van der Waals surface area contributed by atoms with E-state index in [-0.39, 0.29) is 23.9 Å². The number of nitrogens with zero attached hydrogens (tertiary/aromatic N) is 1. The highest BCUT2D eigenvalue weighted by atomic mass is 16.6. The first-order chi connectivity index (χ1) is 12.2. The van der Waals surface area contributed by atoms with Gasteiger partial charge in [-0.25, -0.2) is 0 Å². The molecule has 1 rings (SSSR count). The van der Waals surface area contributed by atoms with E-state index in [1.54, 1.807) is 13.0 Å². The van der Waals surface area contributed by atoms with Gasteiger partial charge >= 0.3 is 5.97 Å². The number of nitro groups is 1. The molecule has 0 bridgehead atoms. The van der Waals surface area contributed by atoms with Gasteiger partial charge in [-0.15, -0.1) is 0 Å². The van der Waals surface area contributed by atoms with Crippen LogP contribution in [0.3, 0.4) is 0 Å². The average molecular weight is 367 g/mol. The molecule has 0 aliphatic rings. The van der Waals surface area contributed by atoms with Gasteiger partial charge in [0.15, 0.2) is 0 Å². The van der Waals surface area contributed by atoms with Gasteiger partial charge in [0, 0.05) is 12.7 Å². The van der Waals surface area contributed by atoms with E-state index >= 15 is 0 Å². The van der Waals surface area contributed by atoms with Crippen LogP contribution in [0.2, 0.25) is 0 Å². The second kappa shape index (κ2) is 10.5. The van der Waals surface area contributed by atoms with Crippen LogP contribution in [0.25, 0.3) is 0 Å². The maximum Gasteiger partial charge on any atom is 0.321 e. The third-order valence-corrected chi connectivity index (χ3v) is 3.47. The number of carbonyl (C=O) groups excluding carboxylic acids is 1. The fourth-order valence-corrected chi connectivity index (χ4v) is 2.20. The Bertz CT molecular complexity index is 647. The standard InChI is InChI=1S/C17H25N3O6/c1-11(2)26-8-4-7-18-14(17(22)23)10-16(21)19-13-6-5-12(3)9-15(13)20(24)25/h5-6,9,11,14,18H,4,7-8,10H2,1-3H3,(H,19,21)(H,22,23)/t14-/m1/s1. The van der Waals surface area contributed by atoms with Crippen LogP contribution in [-0.4, -0.2) is 47.2 Å². The third kappa shape index (κ3) is 7.58. The minimum absolute atomic E-state index is 0.0417. The monoisotopic (exact) mass is 367 g/mol. The summed E-state index contributed by atoms with van der Waals surface area (Å²) in [5.41, 5.74) is 0.493. The highest BCUT2D eigenvalue weighted by molar-refractivity contribution is 5.95. The number of ether oxygens (including phenoxy) is 1. The zero-order chi connectivity index (χ0) is 19.7. The van der Waals surface area contributed by atoms with Crippen molar-refractivity contribution in [3.8, 4) is 0 Å². The molecule has 0 heterocycles. The Labute approximate surface area is 151 Å². The summed E-state index contributed by atoms with van der Waals surface area (Å²) in [5, 5.41) is 25.5. The van der Waals surface area contributed by atoms with Crippen molar-refractivity contribution in [1.29, 1.82) is 0 Å². The Morgan fingerprint density at radius 2 is 2.04 bits per heavy atom. The van der Waals surface area contributed by atoms with Crippen LogP contribution < -0.4 is 10.6 Å². The van der Waals surface area contributed by atoms with Crippen molar-refractivity contribution in [2.45, 2.75) is 45.8 Å². The predicted octanol–water partition coefficient (Wildman–Crippen LogP) is 2.09. The quantitative estimate of drug-likeness (QED) is 0.310. The minimum Gasteiger partial charge on any atom is -0.480 e. The van der Waals surface area contributed by atoms with E-state index in [9.17, 15) is 24.8 Å². The summed E-state index contributed by atoms with van der Waals surface area (Å²) in [6, 6.07) is 3.32. The Hall–Kier alpha value is -2.52. The maximum atomic E-state index is 12.1. The van der Waals surface area contributed by atoms with Crippen LogP contribution in [0.1, 0.15) is 32.3 Å². The molecule has 1 aromatic rings. The summed E-state index contributed by atoms with van der Waals surface area (Å²) in [7, 11) is 0. The van der Waals surface area contributed by atoms with Crippen LogP contribution in [0.4, 0.5) is 11.4 Å². The number of amides is 1. The lowest BCUT2D eigenvalue weighted by molar-refractivity contribution is -0.384. The molecule has 9 heteroatoms. The lowest BCUT2D eigenvalue weighted by atomic mass is 10.1. The molecular formula is C17H25N3O6. The van der Waals surface area contributed by atoms with Crippen LogP contribution in [-0.2, 0) is 14.3 Å². The van der Waals surface area contributed by atoms with Crippen LogP contribution in [0, 0.1) is 17.0 Å².